The number of thiocarbonyl (C=S) groups is 1. The molecule has 0 aromatic carbocycles. The molecule has 1 aliphatic rings. The number of aryl methyl sites for hydroxylation is 1. The molecule has 0 radical (unpaired) electrons. The summed E-state index contributed by atoms with van der Waals surface area (Å²) in [6, 6.07) is 1.97. The predicted octanol–water partition coefficient (Wildman–Crippen LogP) is 2.34. The maximum Gasteiger partial charge on any atom is 0.323 e. The van der Waals surface area contributed by atoms with Gasteiger partial charge in [-0.25, -0.2) is 0 Å². The second-order valence-corrected chi connectivity index (χ2v) is 6.25. The molecule has 0 unspecified atom stereocenters. The summed E-state index contributed by atoms with van der Waals surface area (Å²) in [4.78, 5) is 25.2. The molecular formula is C11H9NO3S3. The van der Waals surface area contributed by atoms with Gasteiger partial charge in [0.2, 0.25) is 0 Å². The Morgan fingerprint density at radius 1 is 1.61 bits per heavy atom. The van der Waals surface area contributed by atoms with Crippen LogP contribution in [0.1, 0.15) is 10.4 Å². The van der Waals surface area contributed by atoms with E-state index in [-0.39, 0.29) is 12.5 Å². The minimum atomic E-state index is -1.07. The first-order valence-electron chi connectivity index (χ1n) is 5.00. The van der Waals surface area contributed by atoms with Crippen LogP contribution in [0.25, 0.3) is 6.08 Å². The van der Waals surface area contributed by atoms with Crippen molar-refractivity contribution in [2.75, 3.05) is 6.54 Å². The van der Waals surface area contributed by atoms with Crippen molar-refractivity contribution in [3.63, 3.8) is 0 Å². The van der Waals surface area contributed by atoms with Crippen LogP contribution in [-0.2, 0) is 9.59 Å². The molecule has 0 spiro atoms. The Labute approximate surface area is 117 Å². The van der Waals surface area contributed by atoms with E-state index in [0.717, 1.165) is 27.1 Å². The van der Waals surface area contributed by atoms with Crippen molar-refractivity contribution in [3.8, 4) is 0 Å². The molecule has 4 nitrogen and oxygen atoms in total. The highest BCUT2D eigenvalue weighted by Crippen LogP contribution is 2.33. The van der Waals surface area contributed by atoms with Crippen LogP contribution < -0.4 is 0 Å². The highest BCUT2D eigenvalue weighted by Gasteiger charge is 2.33. The SMILES string of the molecule is Cc1ccsc1/C=C1/SC(=S)N(CC(=O)O)C1=O. The number of hydrogen-bond donors (Lipinski definition) is 1. The molecule has 1 amide bonds. The monoisotopic (exact) mass is 299 g/mol. The first-order chi connectivity index (χ1) is 8.49. The van der Waals surface area contributed by atoms with E-state index in [0.29, 0.717) is 9.23 Å². The third kappa shape index (κ3) is 2.63. The minimum Gasteiger partial charge on any atom is -0.480 e. The Balaban J connectivity index is 2.25. The normalized spacial score (nSPS) is 17.8. The highest BCUT2D eigenvalue weighted by atomic mass is 32.2. The van der Waals surface area contributed by atoms with Crippen molar-refractivity contribution in [1.29, 1.82) is 0 Å². The smallest absolute Gasteiger partial charge is 0.323 e. The fourth-order valence-electron chi connectivity index (χ4n) is 1.42. The average Bonchev–Trinajstić information content (AvgIpc) is 2.79. The van der Waals surface area contributed by atoms with Crippen LogP contribution in [0.3, 0.4) is 0 Å². The van der Waals surface area contributed by atoms with E-state index in [2.05, 4.69) is 0 Å². The molecule has 1 saturated heterocycles. The summed E-state index contributed by atoms with van der Waals surface area (Å²) in [5, 5.41) is 10.7. The molecule has 18 heavy (non-hydrogen) atoms. The third-order valence-corrected chi connectivity index (χ3v) is 4.67. The number of hydrogen-bond acceptors (Lipinski definition) is 5. The summed E-state index contributed by atoms with van der Waals surface area (Å²) < 4.78 is 0.294. The molecule has 94 valence electrons. The first kappa shape index (κ1) is 13.3. The molecule has 0 atom stereocenters. The molecule has 0 aliphatic carbocycles. The van der Waals surface area contributed by atoms with Gasteiger partial charge < -0.3 is 5.11 Å². The highest BCUT2D eigenvalue weighted by molar-refractivity contribution is 8.26. The number of thiophene rings is 1. The molecule has 2 heterocycles. The van der Waals surface area contributed by atoms with Gasteiger partial charge in [0.15, 0.2) is 0 Å². The van der Waals surface area contributed by atoms with E-state index < -0.39 is 5.97 Å². The van der Waals surface area contributed by atoms with Crippen molar-refractivity contribution < 1.29 is 14.7 Å². The minimum absolute atomic E-state index is 0.294. The first-order valence-corrected chi connectivity index (χ1v) is 7.10. The lowest BCUT2D eigenvalue weighted by Gasteiger charge is -2.10. The van der Waals surface area contributed by atoms with Crippen molar-refractivity contribution in [3.05, 3.63) is 26.8 Å². The Morgan fingerprint density at radius 2 is 2.33 bits per heavy atom. The molecule has 2 rings (SSSR count). The van der Waals surface area contributed by atoms with E-state index in [4.69, 9.17) is 17.3 Å². The number of thioether (sulfide) groups is 1. The lowest BCUT2D eigenvalue weighted by molar-refractivity contribution is -0.140. The van der Waals surface area contributed by atoms with E-state index in [1.807, 2.05) is 18.4 Å². The van der Waals surface area contributed by atoms with Gasteiger partial charge in [0.25, 0.3) is 5.91 Å². The Kier molecular flexibility index (Phi) is 3.84. The molecule has 1 aromatic rings. The van der Waals surface area contributed by atoms with Crippen molar-refractivity contribution in [2.24, 2.45) is 0 Å². The van der Waals surface area contributed by atoms with E-state index in [1.54, 1.807) is 6.08 Å². The zero-order chi connectivity index (χ0) is 13.3. The van der Waals surface area contributed by atoms with Gasteiger partial charge in [-0.15, -0.1) is 11.3 Å². The molecule has 1 aromatic heterocycles. The fourth-order valence-corrected chi connectivity index (χ4v) is 3.59. The maximum absolute atomic E-state index is 12.0. The molecule has 1 N–H and O–H groups in total. The summed E-state index contributed by atoms with van der Waals surface area (Å²) in [5.74, 6) is -1.40. The Morgan fingerprint density at radius 3 is 2.89 bits per heavy atom. The molecule has 1 aliphatic heterocycles. The van der Waals surface area contributed by atoms with Crippen LogP contribution in [0.4, 0.5) is 0 Å². The summed E-state index contributed by atoms with van der Waals surface area (Å²) >= 11 is 7.69. The number of nitrogens with zero attached hydrogens (tertiary/aromatic N) is 1. The average molecular weight is 299 g/mol. The van der Waals surface area contributed by atoms with Crippen LogP contribution in [-0.4, -0.2) is 32.7 Å². The number of aliphatic carboxylic acids is 1. The fraction of sp³-hybridized carbons (Fsp3) is 0.182. The summed E-state index contributed by atoms with van der Waals surface area (Å²) in [6.07, 6.45) is 1.77. The van der Waals surface area contributed by atoms with Crippen LogP contribution in [0.15, 0.2) is 16.4 Å². The van der Waals surface area contributed by atoms with Gasteiger partial charge in [-0.2, -0.15) is 0 Å². The molecule has 0 bridgehead atoms. The zero-order valence-electron chi connectivity index (χ0n) is 9.37. The molecular weight excluding hydrogens is 290 g/mol. The van der Waals surface area contributed by atoms with Gasteiger partial charge >= 0.3 is 5.97 Å². The number of rotatable bonds is 3. The number of carbonyl (C=O) groups excluding carboxylic acids is 1. The Bertz CT molecular complexity index is 562. The zero-order valence-corrected chi connectivity index (χ0v) is 11.8. The lowest BCUT2D eigenvalue weighted by atomic mass is 10.2. The van der Waals surface area contributed by atoms with Crippen LogP contribution >= 0.6 is 35.3 Å². The quantitative estimate of drug-likeness (QED) is 0.686. The van der Waals surface area contributed by atoms with Crippen molar-refractivity contribution in [1.82, 2.24) is 4.90 Å². The number of carboxylic acid groups (broad SMARTS) is 1. The largest absolute Gasteiger partial charge is 0.480 e. The number of carbonyl (C=O) groups is 2. The number of amides is 1. The van der Waals surface area contributed by atoms with Crippen LogP contribution in [0.2, 0.25) is 0 Å². The van der Waals surface area contributed by atoms with E-state index >= 15 is 0 Å². The second-order valence-electron chi connectivity index (χ2n) is 3.63. The van der Waals surface area contributed by atoms with Gasteiger partial charge in [0, 0.05) is 4.88 Å². The van der Waals surface area contributed by atoms with Crippen molar-refractivity contribution >= 4 is 57.6 Å². The van der Waals surface area contributed by atoms with Gasteiger partial charge in [0.05, 0.1) is 4.91 Å². The third-order valence-electron chi connectivity index (χ3n) is 2.33. The summed E-state index contributed by atoms with van der Waals surface area (Å²) in [5.41, 5.74) is 1.09. The second kappa shape index (κ2) is 5.21. The maximum atomic E-state index is 12.0. The van der Waals surface area contributed by atoms with E-state index in [1.165, 1.54) is 11.3 Å². The standard InChI is InChI=1S/C11H9NO3S3/c1-6-2-3-17-7(6)4-8-10(15)12(5-9(13)14)11(16)18-8/h2-4H,5H2,1H3,(H,13,14)/b8-4+. The Hall–Kier alpha value is -1.18. The van der Waals surface area contributed by atoms with E-state index in [9.17, 15) is 9.59 Å². The van der Waals surface area contributed by atoms with Gasteiger partial charge in [0.1, 0.15) is 10.9 Å². The molecule has 7 heteroatoms. The van der Waals surface area contributed by atoms with Gasteiger partial charge in [-0.1, -0.05) is 24.0 Å². The molecule has 0 saturated carbocycles. The predicted molar refractivity (Wildman–Crippen MR) is 76.6 cm³/mol. The summed E-state index contributed by atoms with van der Waals surface area (Å²) in [6.45, 7) is 1.58. The van der Waals surface area contributed by atoms with Gasteiger partial charge in [-0.3, -0.25) is 14.5 Å². The van der Waals surface area contributed by atoms with Crippen molar-refractivity contribution in [2.45, 2.75) is 6.92 Å². The summed E-state index contributed by atoms with van der Waals surface area (Å²) in [7, 11) is 0. The lowest BCUT2D eigenvalue weighted by Crippen LogP contribution is -2.33. The van der Waals surface area contributed by atoms with Gasteiger partial charge in [-0.05, 0) is 30.0 Å². The van der Waals surface area contributed by atoms with Crippen LogP contribution in [0.5, 0.6) is 0 Å². The number of carboxylic acids is 1. The molecule has 1 fully saturated rings. The van der Waals surface area contributed by atoms with Crippen LogP contribution in [0, 0.1) is 6.92 Å². The topological polar surface area (TPSA) is 57.6 Å².